The second kappa shape index (κ2) is 9.89. The maximum absolute atomic E-state index is 6.77. The lowest BCUT2D eigenvalue weighted by atomic mass is 9.95. The molecule has 0 aliphatic carbocycles. The van der Waals surface area contributed by atoms with Crippen molar-refractivity contribution in [3.8, 4) is 28.3 Å². The van der Waals surface area contributed by atoms with Gasteiger partial charge in [0.25, 0.3) is 0 Å². The number of para-hydroxylation sites is 4. The fourth-order valence-electron chi connectivity index (χ4n) is 7.64. The highest BCUT2D eigenvalue weighted by molar-refractivity contribution is 6.26. The Morgan fingerprint density at radius 1 is 0.449 bits per heavy atom. The molecule has 0 aliphatic rings. The fraction of sp³-hybridized carbons (Fsp3) is 0. The Balaban J connectivity index is 1.32. The molecular formula is C44H25N3O2. The molecular weight excluding hydrogens is 603 g/mol. The second-order valence-electron chi connectivity index (χ2n) is 12.5. The van der Waals surface area contributed by atoms with E-state index in [0.29, 0.717) is 5.95 Å². The lowest BCUT2D eigenvalue weighted by Gasteiger charge is -2.12. The molecule has 4 aromatic heterocycles. The molecule has 0 amide bonds. The molecule has 0 atom stereocenters. The molecule has 49 heavy (non-hydrogen) atoms. The van der Waals surface area contributed by atoms with Gasteiger partial charge in [-0.25, -0.2) is 9.97 Å². The Kier molecular flexibility index (Phi) is 5.32. The van der Waals surface area contributed by atoms with Crippen molar-refractivity contribution in [3.63, 3.8) is 0 Å². The van der Waals surface area contributed by atoms with Crippen LogP contribution in [0.4, 0.5) is 0 Å². The predicted octanol–water partition coefficient (Wildman–Crippen LogP) is 11.9. The number of aromatic nitrogens is 3. The van der Waals surface area contributed by atoms with Gasteiger partial charge in [0.05, 0.1) is 16.7 Å². The van der Waals surface area contributed by atoms with E-state index in [2.05, 4.69) is 114 Å². The summed E-state index contributed by atoms with van der Waals surface area (Å²) in [5.74, 6) is 0.596. The molecule has 0 saturated carbocycles. The van der Waals surface area contributed by atoms with Crippen molar-refractivity contribution >= 4 is 76.6 Å². The maximum Gasteiger partial charge on any atom is 0.235 e. The Hall–Kier alpha value is -6.72. The fourth-order valence-corrected chi connectivity index (χ4v) is 7.64. The highest BCUT2D eigenvalue weighted by Crippen LogP contribution is 2.46. The molecule has 11 rings (SSSR count). The third-order valence-electron chi connectivity index (χ3n) is 9.81. The maximum atomic E-state index is 6.77. The minimum atomic E-state index is 0.596. The van der Waals surface area contributed by atoms with Gasteiger partial charge >= 0.3 is 0 Å². The van der Waals surface area contributed by atoms with E-state index in [1.165, 1.54) is 0 Å². The SMILES string of the molecule is c1ccc(-c2nc(-n3c4ccccc4c4c(-c5ccc6oc7ccccc7c6c5)cc5c6ccccc6oc5c43)nc3ccccc23)cc1. The van der Waals surface area contributed by atoms with Crippen molar-refractivity contribution in [1.82, 2.24) is 14.5 Å². The van der Waals surface area contributed by atoms with Crippen molar-refractivity contribution in [2.45, 2.75) is 0 Å². The summed E-state index contributed by atoms with van der Waals surface area (Å²) in [5, 5.41) is 7.50. The van der Waals surface area contributed by atoms with Crippen LogP contribution < -0.4 is 0 Å². The highest BCUT2D eigenvalue weighted by atomic mass is 16.3. The first-order chi connectivity index (χ1) is 24.3. The van der Waals surface area contributed by atoms with Gasteiger partial charge in [0.1, 0.15) is 22.3 Å². The first kappa shape index (κ1) is 26.4. The first-order valence-electron chi connectivity index (χ1n) is 16.4. The summed E-state index contributed by atoms with van der Waals surface area (Å²) in [6.07, 6.45) is 0. The molecule has 5 heteroatoms. The molecule has 0 unspecified atom stereocenters. The number of hydrogen-bond donors (Lipinski definition) is 0. The van der Waals surface area contributed by atoms with Crippen LogP contribution in [-0.4, -0.2) is 14.5 Å². The van der Waals surface area contributed by atoms with Crippen LogP contribution in [-0.2, 0) is 0 Å². The smallest absolute Gasteiger partial charge is 0.235 e. The van der Waals surface area contributed by atoms with Gasteiger partial charge < -0.3 is 8.83 Å². The Labute approximate surface area is 279 Å². The number of benzene rings is 7. The molecule has 11 aromatic rings. The molecule has 4 heterocycles. The molecule has 5 nitrogen and oxygen atoms in total. The summed E-state index contributed by atoms with van der Waals surface area (Å²) >= 11 is 0. The van der Waals surface area contributed by atoms with E-state index >= 15 is 0 Å². The van der Waals surface area contributed by atoms with Gasteiger partial charge in [0.15, 0.2) is 5.58 Å². The van der Waals surface area contributed by atoms with Crippen molar-refractivity contribution in [2.24, 2.45) is 0 Å². The lowest BCUT2D eigenvalue weighted by Crippen LogP contribution is -2.03. The van der Waals surface area contributed by atoms with Crippen LogP contribution in [0.3, 0.4) is 0 Å². The molecule has 0 aliphatic heterocycles. The number of fused-ring (bicyclic) bond motifs is 11. The van der Waals surface area contributed by atoms with E-state index in [1.807, 2.05) is 42.5 Å². The summed E-state index contributed by atoms with van der Waals surface area (Å²) in [6.45, 7) is 0. The molecule has 0 bridgehead atoms. The van der Waals surface area contributed by atoms with Gasteiger partial charge in [-0.1, -0.05) is 109 Å². The van der Waals surface area contributed by atoms with Crippen molar-refractivity contribution in [1.29, 1.82) is 0 Å². The lowest BCUT2D eigenvalue weighted by molar-refractivity contribution is 0.669. The van der Waals surface area contributed by atoms with E-state index in [-0.39, 0.29) is 0 Å². The zero-order valence-corrected chi connectivity index (χ0v) is 26.1. The Morgan fingerprint density at radius 3 is 1.94 bits per heavy atom. The molecule has 0 spiro atoms. The summed E-state index contributed by atoms with van der Waals surface area (Å²) < 4.78 is 15.2. The first-order valence-corrected chi connectivity index (χ1v) is 16.4. The van der Waals surface area contributed by atoms with Crippen molar-refractivity contribution < 1.29 is 8.83 Å². The van der Waals surface area contributed by atoms with Crippen LogP contribution in [0.15, 0.2) is 160 Å². The Morgan fingerprint density at radius 2 is 1.10 bits per heavy atom. The number of nitrogens with zero attached hydrogens (tertiary/aromatic N) is 3. The molecule has 7 aromatic carbocycles. The Bertz CT molecular complexity index is 3110. The van der Waals surface area contributed by atoms with Crippen LogP contribution in [0, 0.1) is 0 Å². The van der Waals surface area contributed by atoms with Gasteiger partial charge in [-0.3, -0.25) is 4.57 Å². The minimum absolute atomic E-state index is 0.596. The van der Waals surface area contributed by atoms with Gasteiger partial charge in [0.2, 0.25) is 5.95 Å². The van der Waals surface area contributed by atoms with Crippen LogP contribution in [0.1, 0.15) is 0 Å². The van der Waals surface area contributed by atoms with Crippen LogP contribution in [0.25, 0.3) is 105 Å². The number of hydrogen-bond acceptors (Lipinski definition) is 4. The van der Waals surface area contributed by atoms with Crippen molar-refractivity contribution in [2.75, 3.05) is 0 Å². The van der Waals surface area contributed by atoms with Crippen LogP contribution in [0.5, 0.6) is 0 Å². The third-order valence-corrected chi connectivity index (χ3v) is 9.81. The van der Waals surface area contributed by atoms with E-state index in [4.69, 9.17) is 18.8 Å². The van der Waals surface area contributed by atoms with E-state index < -0.39 is 0 Å². The average molecular weight is 628 g/mol. The highest BCUT2D eigenvalue weighted by Gasteiger charge is 2.25. The zero-order chi connectivity index (χ0) is 32.1. The largest absolute Gasteiger partial charge is 0.456 e. The number of rotatable bonds is 3. The molecule has 0 N–H and O–H groups in total. The average Bonchev–Trinajstić information content (AvgIpc) is 3.84. The molecule has 0 saturated heterocycles. The summed E-state index contributed by atoms with van der Waals surface area (Å²) in [4.78, 5) is 10.6. The summed E-state index contributed by atoms with van der Waals surface area (Å²) in [7, 11) is 0. The molecule has 0 radical (unpaired) electrons. The third kappa shape index (κ3) is 3.75. The van der Waals surface area contributed by atoms with Crippen molar-refractivity contribution in [3.05, 3.63) is 152 Å². The zero-order valence-electron chi connectivity index (χ0n) is 26.1. The quantitative estimate of drug-likeness (QED) is 0.196. The summed E-state index contributed by atoms with van der Waals surface area (Å²) in [6, 6.07) is 52.4. The standard InChI is InChI=1S/C44H25N3O2/c1-2-12-26(13-3-1)41-30-16-4-8-18-35(30)45-44(46-41)47-36-19-9-5-17-31(36)40-32(25-34-29-15-7-11-21-38(29)49-43(34)42(40)47)27-22-23-39-33(24-27)28-14-6-10-20-37(28)48-39/h1-25H. The molecule has 0 fully saturated rings. The van der Waals surface area contributed by atoms with Crippen LogP contribution in [0.2, 0.25) is 0 Å². The molecule has 228 valence electrons. The van der Waals surface area contributed by atoms with Gasteiger partial charge in [-0.2, -0.15) is 0 Å². The summed E-state index contributed by atoms with van der Waals surface area (Å²) in [5.41, 5.74) is 10.4. The second-order valence-corrected chi connectivity index (χ2v) is 12.5. The van der Waals surface area contributed by atoms with Gasteiger partial charge in [-0.15, -0.1) is 0 Å². The van der Waals surface area contributed by atoms with Gasteiger partial charge in [0, 0.05) is 43.3 Å². The van der Waals surface area contributed by atoms with Gasteiger partial charge in [-0.05, 0) is 53.6 Å². The van der Waals surface area contributed by atoms with E-state index in [1.54, 1.807) is 0 Å². The monoisotopic (exact) mass is 627 g/mol. The normalized spacial score (nSPS) is 12.1. The van der Waals surface area contributed by atoms with Crippen LogP contribution >= 0.6 is 0 Å². The van der Waals surface area contributed by atoms with E-state index in [0.717, 1.165) is 99.0 Å². The number of furan rings is 2. The van der Waals surface area contributed by atoms with E-state index in [9.17, 15) is 0 Å². The topological polar surface area (TPSA) is 57.0 Å². The minimum Gasteiger partial charge on any atom is -0.456 e. The predicted molar refractivity (Wildman–Crippen MR) is 199 cm³/mol.